The van der Waals surface area contributed by atoms with E-state index in [1.165, 1.54) is 0 Å². The summed E-state index contributed by atoms with van der Waals surface area (Å²) in [6.45, 7) is 3.66. The highest BCUT2D eigenvalue weighted by Gasteiger charge is 2.51. The van der Waals surface area contributed by atoms with Crippen LogP contribution in [-0.4, -0.2) is 22.0 Å². The van der Waals surface area contributed by atoms with Crippen molar-refractivity contribution in [1.29, 1.82) is 0 Å². The van der Waals surface area contributed by atoms with Gasteiger partial charge in [-0.3, -0.25) is 14.5 Å². The van der Waals surface area contributed by atoms with Crippen molar-refractivity contribution in [2.24, 2.45) is 5.41 Å². The van der Waals surface area contributed by atoms with Gasteiger partial charge in [-0.1, -0.05) is 54.4 Å². The Morgan fingerprint density at radius 2 is 1.82 bits per heavy atom. The van der Waals surface area contributed by atoms with Gasteiger partial charge in [0.15, 0.2) is 0 Å². The van der Waals surface area contributed by atoms with Crippen LogP contribution in [0, 0.1) is 12.3 Å². The smallest absolute Gasteiger partial charge is 0.304 e. The maximum Gasteiger partial charge on any atom is 0.304 e. The standard InChI is InChI=1S/C26H24Cl2N2O3/c1-16-10-11-29-22(12-16)30-24(17-6-8-19(27)9-7-17)21(18-4-3-5-20(28)13-18)14-26(2,25(30)33)15-23(31)32/h3-13,21,24H,14-15H2,1-2H3,(H,31,32)/t21-,24-,26+/m1/s1. The van der Waals surface area contributed by atoms with Crippen molar-refractivity contribution < 1.29 is 14.7 Å². The van der Waals surface area contributed by atoms with Crippen LogP contribution in [0.4, 0.5) is 5.82 Å². The van der Waals surface area contributed by atoms with Gasteiger partial charge in [-0.2, -0.15) is 0 Å². The van der Waals surface area contributed by atoms with Gasteiger partial charge in [0.1, 0.15) is 5.82 Å². The largest absolute Gasteiger partial charge is 0.481 e. The summed E-state index contributed by atoms with van der Waals surface area (Å²) in [5, 5.41) is 10.8. The quantitative estimate of drug-likeness (QED) is 0.454. The number of rotatable bonds is 5. The van der Waals surface area contributed by atoms with E-state index in [0.29, 0.717) is 22.3 Å². The summed E-state index contributed by atoms with van der Waals surface area (Å²) in [5.74, 6) is -1.00. The fourth-order valence-electron chi connectivity index (χ4n) is 4.74. The SMILES string of the molecule is Cc1ccnc(N2C(=O)[C@](C)(CC(=O)O)C[C@H](c3cccc(Cl)c3)[C@H]2c2ccc(Cl)cc2)c1. The van der Waals surface area contributed by atoms with Crippen molar-refractivity contribution in [3.05, 3.63) is 93.6 Å². The molecule has 1 N–H and O–H groups in total. The van der Waals surface area contributed by atoms with Crippen molar-refractivity contribution in [2.75, 3.05) is 4.90 Å². The summed E-state index contributed by atoms with van der Waals surface area (Å²) >= 11 is 12.5. The van der Waals surface area contributed by atoms with Crippen LogP contribution in [0.5, 0.6) is 0 Å². The van der Waals surface area contributed by atoms with E-state index in [0.717, 1.165) is 16.7 Å². The van der Waals surface area contributed by atoms with Crippen LogP contribution >= 0.6 is 23.2 Å². The number of hydrogen-bond acceptors (Lipinski definition) is 3. The molecule has 2 heterocycles. The second-order valence-corrected chi connectivity index (χ2v) is 9.73. The minimum Gasteiger partial charge on any atom is -0.481 e. The maximum absolute atomic E-state index is 14.0. The lowest BCUT2D eigenvalue weighted by Crippen LogP contribution is -2.53. The zero-order valence-electron chi connectivity index (χ0n) is 18.3. The number of halogens is 2. The normalized spacial score (nSPS) is 22.9. The Morgan fingerprint density at radius 3 is 2.45 bits per heavy atom. The predicted molar refractivity (Wildman–Crippen MR) is 130 cm³/mol. The van der Waals surface area contributed by atoms with Crippen LogP contribution < -0.4 is 4.90 Å². The Labute approximate surface area is 203 Å². The van der Waals surface area contributed by atoms with E-state index in [-0.39, 0.29) is 18.2 Å². The molecule has 0 radical (unpaired) electrons. The number of carboxylic acid groups (broad SMARTS) is 1. The average molecular weight is 483 g/mol. The molecule has 33 heavy (non-hydrogen) atoms. The molecule has 0 unspecified atom stereocenters. The first-order valence-electron chi connectivity index (χ1n) is 10.7. The molecule has 1 aliphatic rings. The molecule has 2 aromatic carbocycles. The van der Waals surface area contributed by atoms with Gasteiger partial charge in [0.05, 0.1) is 17.9 Å². The van der Waals surface area contributed by atoms with Gasteiger partial charge < -0.3 is 5.11 Å². The molecule has 3 aromatic rings. The summed E-state index contributed by atoms with van der Waals surface area (Å²) in [5.41, 5.74) is 1.66. The van der Waals surface area contributed by atoms with E-state index in [9.17, 15) is 14.7 Å². The van der Waals surface area contributed by atoms with Crippen molar-refractivity contribution >= 4 is 40.9 Å². The lowest BCUT2D eigenvalue weighted by Gasteiger charge is -2.48. The molecular formula is C26H24Cl2N2O3. The van der Waals surface area contributed by atoms with E-state index >= 15 is 0 Å². The molecule has 1 fully saturated rings. The first-order valence-corrected chi connectivity index (χ1v) is 11.4. The van der Waals surface area contributed by atoms with Gasteiger partial charge in [0.25, 0.3) is 0 Å². The second kappa shape index (κ2) is 9.16. The molecule has 0 spiro atoms. The van der Waals surface area contributed by atoms with Crippen LogP contribution in [0.15, 0.2) is 66.9 Å². The van der Waals surface area contributed by atoms with Crippen LogP contribution in [-0.2, 0) is 9.59 Å². The number of carbonyl (C=O) groups excluding carboxylic acids is 1. The maximum atomic E-state index is 14.0. The highest BCUT2D eigenvalue weighted by Crippen LogP contribution is 2.52. The highest BCUT2D eigenvalue weighted by molar-refractivity contribution is 6.30. The Morgan fingerprint density at radius 1 is 1.09 bits per heavy atom. The lowest BCUT2D eigenvalue weighted by molar-refractivity contribution is -0.145. The van der Waals surface area contributed by atoms with Crippen molar-refractivity contribution in [3.8, 4) is 0 Å². The van der Waals surface area contributed by atoms with Crippen molar-refractivity contribution in [2.45, 2.75) is 38.6 Å². The molecule has 170 valence electrons. The fourth-order valence-corrected chi connectivity index (χ4v) is 5.06. The molecule has 1 aromatic heterocycles. The summed E-state index contributed by atoms with van der Waals surface area (Å²) < 4.78 is 0. The molecule has 0 saturated carbocycles. The molecular weight excluding hydrogens is 459 g/mol. The number of amides is 1. The number of pyridine rings is 1. The second-order valence-electron chi connectivity index (χ2n) is 8.86. The number of carboxylic acids is 1. The summed E-state index contributed by atoms with van der Waals surface area (Å²) in [4.78, 5) is 31.9. The van der Waals surface area contributed by atoms with E-state index in [2.05, 4.69) is 4.98 Å². The summed E-state index contributed by atoms with van der Waals surface area (Å²) in [7, 11) is 0. The summed E-state index contributed by atoms with van der Waals surface area (Å²) in [6.07, 6.45) is 1.74. The molecule has 1 aliphatic heterocycles. The van der Waals surface area contributed by atoms with Gasteiger partial charge in [-0.05, 0) is 66.4 Å². The third-order valence-corrected chi connectivity index (χ3v) is 6.73. The monoisotopic (exact) mass is 482 g/mol. The Kier molecular flexibility index (Phi) is 6.46. The molecule has 3 atom stereocenters. The number of aromatic nitrogens is 1. The number of nitrogens with zero attached hydrogens (tertiary/aromatic N) is 2. The third kappa shape index (κ3) is 4.75. The van der Waals surface area contributed by atoms with Gasteiger partial charge in [0, 0.05) is 22.2 Å². The van der Waals surface area contributed by atoms with E-state index in [1.807, 2.05) is 49.4 Å². The minimum absolute atomic E-state index is 0.214. The Bertz CT molecular complexity index is 1200. The third-order valence-electron chi connectivity index (χ3n) is 6.24. The van der Waals surface area contributed by atoms with Crippen LogP contribution in [0.1, 0.15) is 48.4 Å². The zero-order valence-corrected chi connectivity index (χ0v) is 19.8. The number of benzene rings is 2. The Hall–Kier alpha value is -2.89. The average Bonchev–Trinajstić information content (AvgIpc) is 2.75. The minimum atomic E-state index is -1.12. The predicted octanol–water partition coefficient (Wildman–Crippen LogP) is 6.44. The molecule has 1 amide bonds. The fraction of sp³-hybridized carbons (Fsp3) is 0.269. The Balaban J connectivity index is 1.96. The van der Waals surface area contributed by atoms with Crippen LogP contribution in [0.2, 0.25) is 10.0 Å². The number of aliphatic carboxylic acids is 1. The van der Waals surface area contributed by atoms with E-state index in [1.54, 1.807) is 36.2 Å². The van der Waals surface area contributed by atoms with Gasteiger partial charge in [0.2, 0.25) is 5.91 Å². The molecule has 5 nitrogen and oxygen atoms in total. The molecule has 1 saturated heterocycles. The van der Waals surface area contributed by atoms with Crippen LogP contribution in [0.3, 0.4) is 0 Å². The van der Waals surface area contributed by atoms with Gasteiger partial charge in [-0.25, -0.2) is 4.98 Å². The molecule has 0 aliphatic carbocycles. The number of aryl methyl sites for hydroxylation is 1. The summed E-state index contributed by atoms with van der Waals surface area (Å²) in [6, 6.07) is 18.2. The first kappa shape index (κ1) is 23.3. The molecule has 0 bridgehead atoms. The van der Waals surface area contributed by atoms with Gasteiger partial charge >= 0.3 is 5.97 Å². The van der Waals surface area contributed by atoms with Crippen LogP contribution in [0.25, 0.3) is 0 Å². The highest BCUT2D eigenvalue weighted by atomic mass is 35.5. The lowest BCUT2D eigenvalue weighted by atomic mass is 9.67. The molecule has 7 heteroatoms. The zero-order chi connectivity index (χ0) is 23.8. The van der Waals surface area contributed by atoms with E-state index in [4.69, 9.17) is 23.2 Å². The number of piperidine rings is 1. The topological polar surface area (TPSA) is 70.5 Å². The number of anilines is 1. The number of hydrogen-bond donors (Lipinski definition) is 1. The van der Waals surface area contributed by atoms with Crippen molar-refractivity contribution in [3.63, 3.8) is 0 Å². The first-order chi connectivity index (χ1) is 15.7. The number of carbonyl (C=O) groups is 2. The van der Waals surface area contributed by atoms with E-state index < -0.39 is 17.4 Å². The van der Waals surface area contributed by atoms with Gasteiger partial charge in [-0.15, -0.1) is 0 Å². The molecule has 4 rings (SSSR count). The van der Waals surface area contributed by atoms with Crippen molar-refractivity contribution in [1.82, 2.24) is 4.98 Å².